The predicted octanol–water partition coefficient (Wildman–Crippen LogP) is 1.06. The summed E-state index contributed by atoms with van der Waals surface area (Å²) in [6, 6.07) is 6.51. The Kier molecular flexibility index (Phi) is 8.38. The second-order valence-electron chi connectivity index (χ2n) is 3.84. The van der Waals surface area contributed by atoms with Crippen molar-refractivity contribution in [2.75, 3.05) is 13.1 Å². The summed E-state index contributed by atoms with van der Waals surface area (Å²) in [5, 5.41) is 5.31. The molecule has 2 amide bonds. The Bertz CT molecular complexity index is 423. The number of hydrogen-bond acceptors (Lipinski definition) is 3. The van der Waals surface area contributed by atoms with Crippen molar-refractivity contribution in [3.05, 3.63) is 34.3 Å². The van der Waals surface area contributed by atoms with Gasteiger partial charge in [0.1, 0.15) is 0 Å². The van der Waals surface area contributed by atoms with Gasteiger partial charge in [-0.2, -0.15) is 0 Å². The molecule has 19 heavy (non-hydrogen) atoms. The maximum absolute atomic E-state index is 11.7. The van der Waals surface area contributed by atoms with Crippen molar-refractivity contribution in [1.29, 1.82) is 0 Å². The average Bonchev–Trinajstić information content (AvgIpc) is 2.34. The molecule has 0 spiro atoms. The van der Waals surface area contributed by atoms with Crippen LogP contribution in [0.15, 0.2) is 28.7 Å². The van der Waals surface area contributed by atoms with Gasteiger partial charge in [0.15, 0.2) is 0 Å². The van der Waals surface area contributed by atoms with E-state index < -0.39 is 6.04 Å². The van der Waals surface area contributed by atoms with Crippen LogP contribution in [0.5, 0.6) is 0 Å². The highest BCUT2D eigenvalue weighted by molar-refractivity contribution is 9.10. The molecule has 0 heterocycles. The van der Waals surface area contributed by atoms with Crippen LogP contribution in [0.25, 0.3) is 0 Å². The standard InChI is InChI=1S/C12H16BrN3O2.ClH/c1-8(14)11(17)15-6-7-16-12(18)9-2-4-10(13)5-3-9;/h2-5,8H,6-7,14H2,1H3,(H,15,17)(H,16,18);1H/t8-;/m1./s1. The zero-order chi connectivity index (χ0) is 13.5. The van der Waals surface area contributed by atoms with Crippen LogP contribution >= 0.6 is 28.3 Å². The molecule has 1 aromatic carbocycles. The van der Waals surface area contributed by atoms with Gasteiger partial charge < -0.3 is 16.4 Å². The summed E-state index contributed by atoms with van der Waals surface area (Å²) in [5.74, 6) is -0.398. The lowest BCUT2D eigenvalue weighted by Crippen LogP contribution is -2.42. The van der Waals surface area contributed by atoms with Gasteiger partial charge in [-0.1, -0.05) is 15.9 Å². The van der Waals surface area contributed by atoms with Crippen molar-refractivity contribution in [2.45, 2.75) is 13.0 Å². The number of carbonyl (C=O) groups excluding carboxylic acids is 2. The largest absolute Gasteiger partial charge is 0.353 e. The molecule has 5 nitrogen and oxygen atoms in total. The van der Waals surface area contributed by atoms with Crippen LogP contribution in [0, 0.1) is 0 Å². The summed E-state index contributed by atoms with van der Waals surface area (Å²) >= 11 is 3.30. The van der Waals surface area contributed by atoms with Gasteiger partial charge in [-0.25, -0.2) is 0 Å². The van der Waals surface area contributed by atoms with Crippen molar-refractivity contribution >= 4 is 40.2 Å². The van der Waals surface area contributed by atoms with E-state index in [1.807, 2.05) is 0 Å². The second kappa shape index (κ2) is 8.90. The van der Waals surface area contributed by atoms with Gasteiger partial charge in [0, 0.05) is 23.1 Å². The SMILES string of the molecule is C[C@@H](N)C(=O)NCCNC(=O)c1ccc(Br)cc1.Cl. The number of halogens is 2. The van der Waals surface area contributed by atoms with E-state index in [1.165, 1.54) is 0 Å². The molecule has 1 aromatic rings. The van der Waals surface area contributed by atoms with Crippen molar-refractivity contribution in [3.8, 4) is 0 Å². The first kappa shape index (κ1) is 17.9. The average molecular weight is 351 g/mol. The van der Waals surface area contributed by atoms with Crippen LogP contribution < -0.4 is 16.4 Å². The fourth-order valence-corrected chi connectivity index (χ4v) is 1.49. The minimum atomic E-state index is -0.535. The molecule has 0 unspecified atom stereocenters. The quantitative estimate of drug-likeness (QED) is 0.694. The summed E-state index contributed by atoms with van der Waals surface area (Å²) in [6.07, 6.45) is 0. The number of amides is 2. The maximum atomic E-state index is 11.7. The van der Waals surface area contributed by atoms with Gasteiger partial charge in [-0.15, -0.1) is 12.4 Å². The molecule has 0 bridgehead atoms. The van der Waals surface area contributed by atoms with E-state index in [0.717, 1.165) is 4.47 Å². The van der Waals surface area contributed by atoms with Gasteiger partial charge in [0.25, 0.3) is 5.91 Å². The Hall–Kier alpha value is -1.11. The third-order valence-electron chi connectivity index (χ3n) is 2.23. The molecular formula is C12H17BrClN3O2. The lowest BCUT2D eigenvalue weighted by atomic mass is 10.2. The molecule has 0 fully saturated rings. The minimum Gasteiger partial charge on any atom is -0.353 e. The molecule has 0 aliphatic rings. The minimum absolute atomic E-state index is 0. The van der Waals surface area contributed by atoms with E-state index in [0.29, 0.717) is 18.7 Å². The van der Waals surface area contributed by atoms with Crippen LogP contribution in [0.2, 0.25) is 0 Å². The number of nitrogens with two attached hydrogens (primary N) is 1. The first-order valence-corrected chi connectivity index (χ1v) is 6.37. The monoisotopic (exact) mass is 349 g/mol. The van der Waals surface area contributed by atoms with Gasteiger partial charge in [-0.3, -0.25) is 9.59 Å². The van der Waals surface area contributed by atoms with Crippen LogP contribution in [-0.4, -0.2) is 30.9 Å². The molecule has 1 rings (SSSR count). The third kappa shape index (κ3) is 6.56. The van der Waals surface area contributed by atoms with Crippen molar-refractivity contribution in [2.24, 2.45) is 5.73 Å². The zero-order valence-electron chi connectivity index (χ0n) is 10.5. The van der Waals surface area contributed by atoms with Gasteiger partial charge in [-0.05, 0) is 31.2 Å². The second-order valence-corrected chi connectivity index (χ2v) is 4.76. The number of carbonyl (C=O) groups is 2. The van der Waals surface area contributed by atoms with Crippen molar-refractivity contribution in [3.63, 3.8) is 0 Å². The summed E-state index contributed by atoms with van der Waals surface area (Å²) in [7, 11) is 0. The van der Waals surface area contributed by atoms with E-state index in [-0.39, 0.29) is 24.2 Å². The topological polar surface area (TPSA) is 84.2 Å². The molecule has 7 heteroatoms. The molecule has 0 radical (unpaired) electrons. The van der Waals surface area contributed by atoms with Gasteiger partial charge in [0.05, 0.1) is 6.04 Å². The van der Waals surface area contributed by atoms with Crippen molar-refractivity contribution in [1.82, 2.24) is 10.6 Å². The lowest BCUT2D eigenvalue weighted by Gasteiger charge is -2.08. The molecular weight excluding hydrogens is 334 g/mol. The highest BCUT2D eigenvalue weighted by atomic mass is 79.9. The highest BCUT2D eigenvalue weighted by Crippen LogP contribution is 2.10. The van der Waals surface area contributed by atoms with Crippen LogP contribution in [0.3, 0.4) is 0 Å². The Morgan fingerprint density at radius 1 is 1.21 bits per heavy atom. The number of rotatable bonds is 5. The molecule has 0 saturated carbocycles. The summed E-state index contributed by atoms with van der Waals surface area (Å²) in [6.45, 7) is 2.34. The smallest absolute Gasteiger partial charge is 0.251 e. The van der Waals surface area contributed by atoms with E-state index in [2.05, 4.69) is 26.6 Å². The number of benzene rings is 1. The molecule has 4 N–H and O–H groups in total. The molecule has 0 saturated heterocycles. The first-order chi connectivity index (χ1) is 8.50. The van der Waals surface area contributed by atoms with Crippen LogP contribution in [0.4, 0.5) is 0 Å². The van der Waals surface area contributed by atoms with Crippen molar-refractivity contribution < 1.29 is 9.59 Å². The third-order valence-corrected chi connectivity index (χ3v) is 2.76. The molecule has 106 valence electrons. The molecule has 0 aliphatic carbocycles. The van der Waals surface area contributed by atoms with Crippen LogP contribution in [0.1, 0.15) is 17.3 Å². The van der Waals surface area contributed by atoms with E-state index in [4.69, 9.17) is 5.73 Å². The first-order valence-electron chi connectivity index (χ1n) is 5.58. The van der Waals surface area contributed by atoms with E-state index >= 15 is 0 Å². The fraction of sp³-hybridized carbons (Fsp3) is 0.333. The van der Waals surface area contributed by atoms with Gasteiger partial charge in [0.2, 0.25) is 5.91 Å². The zero-order valence-corrected chi connectivity index (χ0v) is 12.9. The Morgan fingerprint density at radius 3 is 2.26 bits per heavy atom. The fourth-order valence-electron chi connectivity index (χ4n) is 1.23. The predicted molar refractivity (Wildman–Crippen MR) is 80.4 cm³/mol. The normalized spacial score (nSPS) is 11.1. The summed E-state index contributed by atoms with van der Waals surface area (Å²) in [5.41, 5.74) is 5.96. The highest BCUT2D eigenvalue weighted by Gasteiger charge is 2.07. The Morgan fingerprint density at radius 2 is 1.74 bits per heavy atom. The molecule has 1 atom stereocenters. The van der Waals surface area contributed by atoms with E-state index in [1.54, 1.807) is 31.2 Å². The Labute approximate surface area is 126 Å². The maximum Gasteiger partial charge on any atom is 0.251 e. The van der Waals surface area contributed by atoms with Gasteiger partial charge >= 0.3 is 0 Å². The molecule has 0 aliphatic heterocycles. The number of hydrogen-bond donors (Lipinski definition) is 3. The summed E-state index contributed by atoms with van der Waals surface area (Å²) < 4.78 is 0.920. The Balaban J connectivity index is 0.00000324. The van der Waals surface area contributed by atoms with Crippen LogP contribution in [-0.2, 0) is 4.79 Å². The van der Waals surface area contributed by atoms with E-state index in [9.17, 15) is 9.59 Å². The number of nitrogens with one attached hydrogen (secondary N) is 2. The molecule has 0 aromatic heterocycles. The summed E-state index contributed by atoms with van der Waals surface area (Å²) in [4.78, 5) is 22.8. The lowest BCUT2D eigenvalue weighted by molar-refractivity contribution is -0.121.